The van der Waals surface area contributed by atoms with E-state index in [-0.39, 0.29) is 11.9 Å². The van der Waals surface area contributed by atoms with Crippen LogP contribution in [0.25, 0.3) is 0 Å². The molecule has 2 nitrogen and oxygen atoms in total. The van der Waals surface area contributed by atoms with Crippen LogP contribution in [0.15, 0.2) is 30.3 Å². The molecule has 1 rings (SSSR count). The molecule has 0 aliphatic rings. The van der Waals surface area contributed by atoms with Gasteiger partial charge in [-0.1, -0.05) is 50.6 Å². The van der Waals surface area contributed by atoms with Crippen molar-refractivity contribution in [2.75, 3.05) is 0 Å². The smallest absolute Gasteiger partial charge is 0.220 e. The molecule has 0 bridgehead atoms. The van der Waals surface area contributed by atoms with Crippen LogP contribution < -0.4 is 5.32 Å². The monoisotopic (exact) mass is 233 g/mol. The second kappa shape index (κ2) is 7.10. The fourth-order valence-corrected chi connectivity index (χ4v) is 1.81. The van der Waals surface area contributed by atoms with Crippen LogP contribution in [0.4, 0.5) is 0 Å². The first-order chi connectivity index (χ1) is 8.09. The maximum atomic E-state index is 11.7. The van der Waals surface area contributed by atoms with E-state index in [1.54, 1.807) is 0 Å². The molecule has 2 heteroatoms. The van der Waals surface area contributed by atoms with Crippen LogP contribution in [0.1, 0.15) is 51.6 Å². The zero-order valence-corrected chi connectivity index (χ0v) is 11.1. The molecule has 0 heterocycles. The first-order valence-corrected chi connectivity index (χ1v) is 6.44. The van der Waals surface area contributed by atoms with Gasteiger partial charge in [0.1, 0.15) is 0 Å². The van der Waals surface area contributed by atoms with Gasteiger partial charge in [-0.3, -0.25) is 4.79 Å². The first kappa shape index (κ1) is 13.8. The number of nitrogens with one attached hydrogen (secondary N) is 1. The van der Waals surface area contributed by atoms with Gasteiger partial charge in [0.2, 0.25) is 5.91 Å². The Hall–Kier alpha value is -1.31. The summed E-state index contributed by atoms with van der Waals surface area (Å²) in [5.74, 6) is 0.830. The number of carbonyl (C=O) groups excluding carboxylic acids is 1. The van der Waals surface area contributed by atoms with Crippen molar-refractivity contribution in [2.45, 2.75) is 46.1 Å². The second-order valence-corrected chi connectivity index (χ2v) is 4.99. The highest BCUT2D eigenvalue weighted by atomic mass is 16.1. The molecule has 0 saturated heterocycles. The van der Waals surface area contributed by atoms with E-state index in [2.05, 4.69) is 19.2 Å². The molecule has 1 unspecified atom stereocenters. The molecule has 1 aromatic carbocycles. The van der Waals surface area contributed by atoms with Gasteiger partial charge in [-0.25, -0.2) is 0 Å². The fraction of sp³-hybridized carbons (Fsp3) is 0.533. The highest BCUT2D eigenvalue weighted by molar-refractivity contribution is 5.76. The summed E-state index contributed by atoms with van der Waals surface area (Å²) < 4.78 is 0. The Balaban J connectivity index is 2.31. The quantitative estimate of drug-likeness (QED) is 0.797. The molecule has 1 aromatic rings. The lowest BCUT2D eigenvalue weighted by molar-refractivity contribution is -0.121. The molecule has 0 aromatic heterocycles. The summed E-state index contributed by atoms with van der Waals surface area (Å²) in [7, 11) is 0. The van der Waals surface area contributed by atoms with Crippen LogP contribution in [-0.2, 0) is 4.79 Å². The van der Waals surface area contributed by atoms with Gasteiger partial charge in [0.15, 0.2) is 0 Å². The van der Waals surface area contributed by atoms with Gasteiger partial charge >= 0.3 is 0 Å². The van der Waals surface area contributed by atoms with E-state index in [1.165, 1.54) is 0 Å². The van der Waals surface area contributed by atoms with E-state index >= 15 is 0 Å². The van der Waals surface area contributed by atoms with Crippen LogP contribution in [0, 0.1) is 5.92 Å². The van der Waals surface area contributed by atoms with Gasteiger partial charge in [0, 0.05) is 6.42 Å². The van der Waals surface area contributed by atoms with Gasteiger partial charge in [0.05, 0.1) is 6.04 Å². The number of amides is 1. The topological polar surface area (TPSA) is 29.1 Å². The minimum atomic E-state index is 0.0998. The van der Waals surface area contributed by atoms with E-state index in [4.69, 9.17) is 0 Å². The van der Waals surface area contributed by atoms with Gasteiger partial charge in [0.25, 0.3) is 0 Å². The Labute approximate surface area is 104 Å². The van der Waals surface area contributed by atoms with Crippen molar-refractivity contribution in [3.63, 3.8) is 0 Å². The van der Waals surface area contributed by atoms with Crippen molar-refractivity contribution < 1.29 is 4.79 Å². The van der Waals surface area contributed by atoms with Crippen molar-refractivity contribution in [3.8, 4) is 0 Å². The van der Waals surface area contributed by atoms with Crippen LogP contribution in [0.3, 0.4) is 0 Å². The Morgan fingerprint density at radius 3 is 2.41 bits per heavy atom. The number of hydrogen-bond acceptors (Lipinski definition) is 1. The van der Waals surface area contributed by atoms with Crippen molar-refractivity contribution in [2.24, 2.45) is 5.92 Å². The summed E-state index contributed by atoms with van der Waals surface area (Å²) >= 11 is 0. The van der Waals surface area contributed by atoms with Crippen molar-refractivity contribution in [3.05, 3.63) is 35.9 Å². The summed E-state index contributed by atoms with van der Waals surface area (Å²) in [6, 6.07) is 10.2. The zero-order valence-electron chi connectivity index (χ0n) is 11.1. The highest BCUT2D eigenvalue weighted by Crippen LogP contribution is 2.12. The van der Waals surface area contributed by atoms with Gasteiger partial charge < -0.3 is 5.32 Å². The first-order valence-electron chi connectivity index (χ1n) is 6.44. The van der Waals surface area contributed by atoms with E-state index < -0.39 is 0 Å². The van der Waals surface area contributed by atoms with Crippen LogP contribution in [0.2, 0.25) is 0 Å². The fourth-order valence-electron chi connectivity index (χ4n) is 1.81. The van der Waals surface area contributed by atoms with Gasteiger partial charge in [-0.05, 0) is 24.8 Å². The summed E-state index contributed by atoms with van der Waals surface area (Å²) in [5, 5.41) is 3.03. The van der Waals surface area contributed by atoms with Crippen molar-refractivity contribution in [1.82, 2.24) is 5.32 Å². The number of rotatable bonds is 6. The molecule has 17 heavy (non-hydrogen) atoms. The standard InChI is InChI=1S/C15H23NO/c1-12(2)8-7-11-15(17)16-13(3)14-9-5-4-6-10-14/h4-6,9-10,12-13H,7-8,11H2,1-3H3,(H,16,17). The molecule has 0 fully saturated rings. The Morgan fingerprint density at radius 1 is 1.18 bits per heavy atom. The van der Waals surface area contributed by atoms with Crippen LogP contribution in [0.5, 0.6) is 0 Å². The number of carbonyl (C=O) groups is 1. The van der Waals surface area contributed by atoms with Crippen LogP contribution >= 0.6 is 0 Å². The molecular weight excluding hydrogens is 210 g/mol. The molecule has 94 valence electrons. The molecule has 1 N–H and O–H groups in total. The summed E-state index contributed by atoms with van der Waals surface area (Å²) in [5.41, 5.74) is 1.16. The predicted octanol–water partition coefficient (Wildman–Crippen LogP) is 3.69. The van der Waals surface area contributed by atoms with Gasteiger partial charge in [-0.2, -0.15) is 0 Å². The Morgan fingerprint density at radius 2 is 1.82 bits per heavy atom. The lowest BCUT2D eigenvalue weighted by atomic mass is 10.1. The highest BCUT2D eigenvalue weighted by Gasteiger charge is 2.08. The normalized spacial score (nSPS) is 12.5. The molecule has 0 saturated carbocycles. The minimum Gasteiger partial charge on any atom is -0.350 e. The number of benzene rings is 1. The number of hydrogen-bond donors (Lipinski definition) is 1. The maximum absolute atomic E-state index is 11.7. The SMILES string of the molecule is CC(C)CCCC(=O)NC(C)c1ccccc1. The zero-order chi connectivity index (χ0) is 12.7. The lowest BCUT2D eigenvalue weighted by Crippen LogP contribution is -2.26. The average Bonchev–Trinajstić information content (AvgIpc) is 2.29. The Bertz CT molecular complexity index is 332. The second-order valence-electron chi connectivity index (χ2n) is 4.99. The van der Waals surface area contributed by atoms with Crippen molar-refractivity contribution in [1.29, 1.82) is 0 Å². The molecule has 0 radical (unpaired) electrons. The summed E-state index contributed by atoms with van der Waals surface area (Å²) in [6.07, 6.45) is 2.73. The van der Waals surface area contributed by atoms with Crippen molar-refractivity contribution >= 4 is 5.91 Å². The van der Waals surface area contributed by atoms with E-state index in [1.807, 2.05) is 37.3 Å². The molecule has 0 aliphatic heterocycles. The third-order valence-corrected chi connectivity index (χ3v) is 2.86. The van der Waals surface area contributed by atoms with E-state index in [0.29, 0.717) is 12.3 Å². The Kier molecular flexibility index (Phi) is 5.75. The molecular formula is C15H23NO. The summed E-state index contributed by atoms with van der Waals surface area (Å²) in [6.45, 7) is 6.39. The minimum absolute atomic E-state index is 0.0998. The van der Waals surface area contributed by atoms with Gasteiger partial charge in [-0.15, -0.1) is 0 Å². The predicted molar refractivity (Wildman–Crippen MR) is 71.7 cm³/mol. The molecule has 0 aliphatic carbocycles. The largest absolute Gasteiger partial charge is 0.350 e. The lowest BCUT2D eigenvalue weighted by Gasteiger charge is -2.14. The average molecular weight is 233 g/mol. The molecule has 0 spiro atoms. The van der Waals surface area contributed by atoms with E-state index in [0.717, 1.165) is 18.4 Å². The molecule has 1 amide bonds. The maximum Gasteiger partial charge on any atom is 0.220 e. The molecule has 1 atom stereocenters. The van der Waals surface area contributed by atoms with Crippen LogP contribution in [-0.4, -0.2) is 5.91 Å². The van der Waals surface area contributed by atoms with E-state index in [9.17, 15) is 4.79 Å². The third kappa shape index (κ3) is 5.53. The summed E-state index contributed by atoms with van der Waals surface area (Å²) in [4.78, 5) is 11.7. The third-order valence-electron chi connectivity index (χ3n) is 2.86.